The van der Waals surface area contributed by atoms with Crippen LogP contribution in [0.2, 0.25) is 0 Å². The largest absolute Gasteiger partial charge is 0.370 e. The summed E-state index contributed by atoms with van der Waals surface area (Å²) in [6.45, 7) is 4.48. The van der Waals surface area contributed by atoms with Gasteiger partial charge in [-0.15, -0.1) is 0 Å². The zero-order valence-electron chi connectivity index (χ0n) is 11.6. The summed E-state index contributed by atoms with van der Waals surface area (Å²) in [5, 5.41) is 7.12. The molecule has 1 heterocycles. The number of anilines is 1. The van der Waals surface area contributed by atoms with Crippen molar-refractivity contribution in [3.05, 3.63) is 34.8 Å². The maximum atomic E-state index is 11.5. The van der Waals surface area contributed by atoms with Crippen molar-refractivity contribution < 1.29 is 4.79 Å². The SMILES string of the molecule is CC(C)NC(=O)CCNc1ccc2cccc(Br)c2n1. The Balaban J connectivity index is 1.97. The van der Waals surface area contributed by atoms with Crippen LogP contribution in [-0.4, -0.2) is 23.5 Å². The molecule has 1 amide bonds. The van der Waals surface area contributed by atoms with Gasteiger partial charge in [0.05, 0.1) is 5.52 Å². The van der Waals surface area contributed by atoms with Crippen molar-refractivity contribution in [1.29, 1.82) is 0 Å². The Morgan fingerprint density at radius 1 is 1.30 bits per heavy atom. The topological polar surface area (TPSA) is 54.0 Å². The molecule has 0 aliphatic heterocycles. The Morgan fingerprint density at radius 3 is 2.85 bits per heavy atom. The summed E-state index contributed by atoms with van der Waals surface area (Å²) in [4.78, 5) is 16.1. The Bertz CT molecular complexity index is 613. The molecule has 0 unspecified atom stereocenters. The van der Waals surface area contributed by atoms with E-state index in [9.17, 15) is 4.79 Å². The average Bonchev–Trinajstić information content (AvgIpc) is 2.39. The van der Waals surface area contributed by atoms with E-state index in [-0.39, 0.29) is 11.9 Å². The molecule has 0 bridgehead atoms. The quantitative estimate of drug-likeness (QED) is 0.881. The van der Waals surface area contributed by atoms with Crippen LogP contribution < -0.4 is 10.6 Å². The highest BCUT2D eigenvalue weighted by Gasteiger charge is 2.04. The second-order valence-electron chi connectivity index (χ2n) is 4.91. The number of halogens is 1. The fraction of sp³-hybridized carbons (Fsp3) is 0.333. The zero-order chi connectivity index (χ0) is 14.5. The van der Waals surface area contributed by atoms with E-state index in [2.05, 4.69) is 31.5 Å². The van der Waals surface area contributed by atoms with Crippen molar-refractivity contribution in [1.82, 2.24) is 10.3 Å². The number of nitrogens with one attached hydrogen (secondary N) is 2. The van der Waals surface area contributed by atoms with Crippen molar-refractivity contribution >= 4 is 38.6 Å². The smallest absolute Gasteiger partial charge is 0.221 e. The van der Waals surface area contributed by atoms with E-state index in [1.807, 2.05) is 44.2 Å². The number of aromatic nitrogens is 1. The second-order valence-corrected chi connectivity index (χ2v) is 5.76. The van der Waals surface area contributed by atoms with Crippen LogP contribution in [-0.2, 0) is 4.79 Å². The van der Waals surface area contributed by atoms with Gasteiger partial charge in [-0.1, -0.05) is 12.1 Å². The molecule has 1 aromatic carbocycles. The molecule has 0 radical (unpaired) electrons. The molecule has 2 aromatic rings. The molecule has 0 aliphatic carbocycles. The molecule has 0 saturated carbocycles. The van der Waals surface area contributed by atoms with Crippen LogP contribution >= 0.6 is 15.9 Å². The Labute approximate surface area is 127 Å². The summed E-state index contributed by atoms with van der Waals surface area (Å²) in [6.07, 6.45) is 0.438. The Kier molecular flexibility index (Phi) is 4.95. The van der Waals surface area contributed by atoms with Crippen molar-refractivity contribution in [2.24, 2.45) is 0 Å². The van der Waals surface area contributed by atoms with E-state index in [0.717, 1.165) is 21.2 Å². The van der Waals surface area contributed by atoms with E-state index in [1.165, 1.54) is 0 Å². The maximum absolute atomic E-state index is 11.5. The van der Waals surface area contributed by atoms with Crippen molar-refractivity contribution in [3.8, 4) is 0 Å². The lowest BCUT2D eigenvalue weighted by Gasteiger charge is -2.10. The zero-order valence-corrected chi connectivity index (χ0v) is 13.2. The van der Waals surface area contributed by atoms with Gasteiger partial charge in [0, 0.05) is 28.9 Å². The summed E-state index contributed by atoms with van der Waals surface area (Å²) in [5.74, 6) is 0.830. The number of para-hydroxylation sites is 1. The van der Waals surface area contributed by atoms with Gasteiger partial charge < -0.3 is 10.6 Å². The molecule has 1 aromatic heterocycles. The first-order chi connectivity index (χ1) is 9.56. The number of carbonyl (C=O) groups is 1. The van der Waals surface area contributed by atoms with Gasteiger partial charge in [0.25, 0.3) is 0 Å². The third-order valence-corrected chi connectivity index (χ3v) is 3.42. The molecule has 0 atom stereocenters. The van der Waals surface area contributed by atoms with Gasteiger partial charge in [-0.05, 0) is 48.0 Å². The molecule has 5 heteroatoms. The minimum absolute atomic E-state index is 0.0504. The summed E-state index contributed by atoms with van der Waals surface area (Å²) < 4.78 is 0.969. The van der Waals surface area contributed by atoms with E-state index in [1.54, 1.807) is 0 Å². The highest BCUT2D eigenvalue weighted by molar-refractivity contribution is 9.10. The number of rotatable bonds is 5. The first kappa shape index (κ1) is 14.8. The van der Waals surface area contributed by atoms with Gasteiger partial charge in [-0.2, -0.15) is 0 Å². The summed E-state index contributed by atoms with van der Waals surface area (Å²) >= 11 is 3.50. The van der Waals surface area contributed by atoms with E-state index < -0.39 is 0 Å². The van der Waals surface area contributed by atoms with Gasteiger partial charge >= 0.3 is 0 Å². The van der Waals surface area contributed by atoms with Gasteiger partial charge in [0.15, 0.2) is 0 Å². The first-order valence-electron chi connectivity index (χ1n) is 6.65. The number of pyridine rings is 1. The molecule has 106 valence electrons. The Hall–Kier alpha value is -1.62. The maximum Gasteiger partial charge on any atom is 0.221 e. The molecule has 0 saturated heterocycles. The molecule has 4 nitrogen and oxygen atoms in total. The Morgan fingerprint density at radius 2 is 2.10 bits per heavy atom. The van der Waals surface area contributed by atoms with Crippen molar-refractivity contribution in [2.75, 3.05) is 11.9 Å². The van der Waals surface area contributed by atoms with Crippen LogP contribution in [0.1, 0.15) is 20.3 Å². The minimum atomic E-state index is 0.0504. The third kappa shape index (κ3) is 3.93. The second kappa shape index (κ2) is 6.70. The number of hydrogen-bond donors (Lipinski definition) is 2. The lowest BCUT2D eigenvalue weighted by Crippen LogP contribution is -2.31. The third-order valence-electron chi connectivity index (χ3n) is 2.78. The molecule has 2 rings (SSSR count). The van der Waals surface area contributed by atoms with Gasteiger partial charge in [-0.3, -0.25) is 4.79 Å². The number of nitrogens with zero attached hydrogens (tertiary/aromatic N) is 1. The molecule has 0 spiro atoms. The number of hydrogen-bond acceptors (Lipinski definition) is 3. The number of benzene rings is 1. The van der Waals surface area contributed by atoms with E-state index in [0.29, 0.717) is 13.0 Å². The highest BCUT2D eigenvalue weighted by Crippen LogP contribution is 2.23. The number of fused-ring (bicyclic) bond motifs is 1. The molecule has 0 fully saturated rings. The number of carbonyl (C=O) groups excluding carboxylic acids is 1. The minimum Gasteiger partial charge on any atom is -0.370 e. The fourth-order valence-electron chi connectivity index (χ4n) is 1.91. The molecule has 0 aliphatic rings. The molecule has 2 N–H and O–H groups in total. The van der Waals surface area contributed by atoms with Crippen molar-refractivity contribution in [2.45, 2.75) is 26.3 Å². The lowest BCUT2D eigenvalue weighted by atomic mass is 10.2. The molecular formula is C15H18BrN3O. The van der Waals surface area contributed by atoms with Gasteiger partial charge in [-0.25, -0.2) is 4.98 Å². The summed E-state index contributed by atoms with van der Waals surface area (Å²) in [7, 11) is 0. The van der Waals surface area contributed by atoms with Gasteiger partial charge in [0.2, 0.25) is 5.91 Å². The molecular weight excluding hydrogens is 318 g/mol. The van der Waals surface area contributed by atoms with Crippen LogP contribution in [0.5, 0.6) is 0 Å². The van der Waals surface area contributed by atoms with E-state index in [4.69, 9.17) is 0 Å². The van der Waals surface area contributed by atoms with Crippen LogP contribution in [0.3, 0.4) is 0 Å². The van der Waals surface area contributed by atoms with Crippen LogP contribution in [0.25, 0.3) is 10.9 Å². The number of amides is 1. The summed E-state index contributed by atoms with van der Waals surface area (Å²) in [5.41, 5.74) is 0.920. The standard InChI is InChI=1S/C15H18BrN3O/c1-10(2)18-14(20)8-9-17-13-7-6-11-4-3-5-12(16)15(11)19-13/h3-7,10H,8-9H2,1-2H3,(H,17,19)(H,18,20). The summed E-state index contributed by atoms with van der Waals surface area (Å²) in [6, 6.07) is 10.1. The van der Waals surface area contributed by atoms with E-state index >= 15 is 0 Å². The average molecular weight is 336 g/mol. The normalized spacial score (nSPS) is 10.8. The monoisotopic (exact) mass is 335 g/mol. The lowest BCUT2D eigenvalue weighted by molar-refractivity contribution is -0.121. The first-order valence-corrected chi connectivity index (χ1v) is 7.44. The fourth-order valence-corrected chi connectivity index (χ4v) is 2.38. The predicted octanol–water partition coefficient (Wildman–Crippen LogP) is 3.32. The van der Waals surface area contributed by atoms with Crippen molar-refractivity contribution in [3.63, 3.8) is 0 Å². The van der Waals surface area contributed by atoms with Crippen LogP contribution in [0, 0.1) is 0 Å². The highest BCUT2D eigenvalue weighted by atomic mass is 79.9. The molecule has 20 heavy (non-hydrogen) atoms. The van der Waals surface area contributed by atoms with Crippen LogP contribution in [0.4, 0.5) is 5.82 Å². The van der Waals surface area contributed by atoms with Gasteiger partial charge in [0.1, 0.15) is 5.82 Å². The predicted molar refractivity (Wildman–Crippen MR) is 85.8 cm³/mol. The van der Waals surface area contributed by atoms with Crippen LogP contribution in [0.15, 0.2) is 34.8 Å².